The number of carbonyl (C=O) groups excluding carboxylic acids is 1. The summed E-state index contributed by atoms with van der Waals surface area (Å²) in [5.74, 6) is -1.77. The van der Waals surface area contributed by atoms with E-state index in [0.29, 0.717) is 0 Å². The molecule has 0 fully saturated rings. The Hall–Kier alpha value is -0.640. The van der Waals surface area contributed by atoms with Gasteiger partial charge in [-0.3, -0.25) is 0 Å². The van der Waals surface area contributed by atoms with Crippen LogP contribution in [-0.4, -0.2) is 5.97 Å². The maximum atomic E-state index is 13.2. The molecule has 0 spiro atoms. The molecule has 0 saturated carbocycles. The van der Waals surface area contributed by atoms with Gasteiger partial charge in [-0.15, -0.1) is 0 Å². The maximum Gasteiger partial charge on any atom is 1.00 e. The van der Waals surface area contributed by atoms with E-state index >= 15 is 0 Å². The summed E-state index contributed by atoms with van der Waals surface area (Å²) in [6.45, 7) is 2.07. The van der Waals surface area contributed by atoms with Crippen molar-refractivity contribution >= 4 is 12.0 Å². The number of rotatable bonds is 5. The van der Waals surface area contributed by atoms with Crippen LogP contribution in [0.1, 0.15) is 30.9 Å². The summed E-state index contributed by atoms with van der Waals surface area (Å²) < 4.78 is 13.2. The first-order chi connectivity index (χ1) is 7.63. The zero-order chi connectivity index (χ0) is 12.0. The molecule has 0 aliphatic rings. The van der Waals surface area contributed by atoms with Gasteiger partial charge in [-0.1, -0.05) is 31.6 Å². The Kier molecular flexibility index (Phi) is 8.13. The molecule has 0 amide bonds. The molecule has 86 valence electrons. The van der Waals surface area contributed by atoms with Crippen LogP contribution in [0.25, 0.3) is 6.08 Å². The molecule has 1 aromatic rings. The van der Waals surface area contributed by atoms with Gasteiger partial charge >= 0.3 is 29.6 Å². The minimum absolute atomic E-state index is 0. The SMILES string of the molecule is CCC/C=C/c1ccc(F)c(CC(=O)[O-])c1.[Na+]. The topological polar surface area (TPSA) is 40.1 Å². The number of carboxylic acid groups (broad SMARTS) is 1. The third kappa shape index (κ3) is 6.01. The summed E-state index contributed by atoms with van der Waals surface area (Å²) in [5.41, 5.74) is 0.977. The van der Waals surface area contributed by atoms with Crippen LogP contribution >= 0.6 is 0 Å². The molecule has 0 unspecified atom stereocenters. The van der Waals surface area contributed by atoms with E-state index in [1.807, 2.05) is 12.2 Å². The van der Waals surface area contributed by atoms with Crippen molar-refractivity contribution in [2.45, 2.75) is 26.2 Å². The van der Waals surface area contributed by atoms with Crippen LogP contribution in [0, 0.1) is 5.82 Å². The minimum atomic E-state index is -1.27. The molecular weight excluding hydrogens is 230 g/mol. The Morgan fingerprint density at radius 1 is 1.47 bits per heavy atom. The Balaban J connectivity index is 0.00000256. The maximum absolute atomic E-state index is 13.2. The molecule has 0 heterocycles. The van der Waals surface area contributed by atoms with Gasteiger partial charge in [-0.2, -0.15) is 0 Å². The number of benzene rings is 1. The van der Waals surface area contributed by atoms with Crippen LogP contribution < -0.4 is 34.7 Å². The zero-order valence-electron chi connectivity index (χ0n) is 10.2. The molecule has 4 heteroatoms. The van der Waals surface area contributed by atoms with Gasteiger partial charge < -0.3 is 9.90 Å². The van der Waals surface area contributed by atoms with Crippen LogP contribution in [-0.2, 0) is 11.2 Å². The molecule has 17 heavy (non-hydrogen) atoms. The van der Waals surface area contributed by atoms with Gasteiger partial charge in [0.25, 0.3) is 0 Å². The van der Waals surface area contributed by atoms with Gasteiger partial charge in [-0.25, -0.2) is 4.39 Å². The molecule has 1 aromatic carbocycles. The third-order valence-corrected chi connectivity index (χ3v) is 2.17. The van der Waals surface area contributed by atoms with Crippen molar-refractivity contribution in [3.8, 4) is 0 Å². The standard InChI is InChI=1S/C13H15FO2.Na/c1-2-3-4-5-10-6-7-12(14)11(8-10)9-13(15)16;/h4-8H,2-3,9H2,1H3,(H,15,16);/q;+1/p-1/b5-4+;. The molecule has 0 aromatic heterocycles. The fourth-order valence-corrected chi connectivity index (χ4v) is 1.38. The predicted octanol–water partition coefficient (Wildman–Crippen LogP) is -1.06. The summed E-state index contributed by atoms with van der Waals surface area (Å²) in [7, 11) is 0. The van der Waals surface area contributed by atoms with Crippen LogP contribution in [0.2, 0.25) is 0 Å². The van der Waals surface area contributed by atoms with E-state index in [9.17, 15) is 14.3 Å². The molecular formula is C13H14FNaO2. The van der Waals surface area contributed by atoms with E-state index in [1.54, 1.807) is 6.07 Å². The second-order valence-electron chi connectivity index (χ2n) is 3.59. The van der Waals surface area contributed by atoms with Crippen molar-refractivity contribution in [3.05, 3.63) is 41.2 Å². The number of hydrogen-bond donors (Lipinski definition) is 0. The van der Waals surface area contributed by atoms with Gasteiger partial charge in [0, 0.05) is 12.4 Å². The molecule has 0 radical (unpaired) electrons. The van der Waals surface area contributed by atoms with E-state index in [2.05, 4.69) is 6.92 Å². The average Bonchev–Trinajstić information content (AvgIpc) is 2.22. The Morgan fingerprint density at radius 3 is 2.76 bits per heavy atom. The first-order valence-electron chi connectivity index (χ1n) is 5.28. The van der Waals surface area contributed by atoms with E-state index < -0.39 is 11.8 Å². The summed E-state index contributed by atoms with van der Waals surface area (Å²) in [4.78, 5) is 10.4. The van der Waals surface area contributed by atoms with Crippen molar-refractivity contribution in [2.24, 2.45) is 0 Å². The number of carboxylic acids is 1. The smallest absolute Gasteiger partial charge is 0.550 e. The quantitative estimate of drug-likeness (QED) is 0.619. The first-order valence-corrected chi connectivity index (χ1v) is 5.28. The Bertz CT molecular complexity index is 402. The number of allylic oxidation sites excluding steroid dienone is 1. The molecule has 0 aliphatic heterocycles. The van der Waals surface area contributed by atoms with Crippen molar-refractivity contribution < 1.29 is 43.8 Å². The molecule has 0 saturated heterocycles. The Morgan fingerprint density at radius 2 is 2.18 bits per heavy atom. The predicted molar refractivity (Wildman–Crippen MR) is 59.1 cm³/mol. The second-order valence-corrected chi connectivity index (χ2v) is 3.59. The van der Waals surface area contributed by atoms with E-state index in [0.717, 1.165) is 18.4 Å². The summed E-state index contributed by atoms with van der Waals surface area (Å²) in [6.07, 6.45) is 5.45. The molecule has 0 atom stereocenters. The fraction of sp³-hybridized carbons (Fsp3) is 0.308. The van der Waals surface area contributed by atoms with E-state index in [1.165, 1.54) is 12.1 Å². The zero-order valence-corrected chi connectivity index (χ0v) is 12.2. The monoisotopic (exact) mass is 244 g/mol. The molecule has 1 rings (SSSR count). The van der Waals surface area contributed by atoms with Gasteiger partial charge in [0.1, 0.15) is 5.82 Å². The first kappa shape index (κ1) is 16.4. The summed E-state index contributed by atoms with van der Waals surface area (Å²) in [5, 5.41) is 10.4. The van der Waals surface area contributed by atoms with E-state index in [-0.39, 0.29) is 41.5 Å². The van der Waals surface area contributed by atoms with Crippen LogP contribution in [0.5, 0.6) is 0 Å². The van der Waals surface area contributed by atoms with Crippen LogP contribution in [0.4, 0.5) is 4.39 Å². The largest absolute Gasteiger partial charge is 1.00 e. The van der Waals surface area contributed by atoms with Crippen molar-refractivity contribution in [1.82, 2.24) is 0 Å². The molecule has 0 bridgehead atoms. The number of unbranched alkanes of at least 4 members (excludes halogenated alkanes) is 1. The van der Waals surface area contributed by atoms with Gasteiger partial charge in [0.05, 0.1) is 0 Å². The Labute approximate surface area is 123 Å². The average molecular weight is 244 g/mol. The number of carbonyl (C=O) groups is 1. The van der Waals surface area contributed by atoms with Crippen molar-refractivity contribution in [1.29, 1.82) is 0 Å². The molecule has 0 N–H and O–H groups in total. The second kappa shape index (κ2) is 8.45. The minimum Gasteiger partial charge on any atom is -0.550 e. The number of halogens is 1. The van der Waals surface area contributed by atoms with E-state index in [4.69, 9.17) is 0 Å². The van der Waals surface area contributed by atoms with Gasteiger partial charge in [0.2, 0.25) is 0 Å². The van der Waals surface area contributed by atoms with Crippen molar-refractivity contribution in [2.75, 3.05) is 0 Å². The number of aliphatic carboxylic acids is 1. The third-order valence-electron chi connectivity index (χ3n) is 2.17. The van der Waals surface area contributed by atoms with Gasteiger partial charge in [-0.05, 0) is 29.7 Å². The van der Waals surface area contributed by atoms with Crippen LogP contribution in [0.15, 0.2) is 24.3 Å². The molecule has 0 aliphatic carbocycles. The van der Waals surface area contributed by atoms with Crippen LogP contribution in [0.3, 0.4) is 0 Å². The van der Waals surface area contributed by atoms with Crippen molar-refractivity contribution in [3.63, 3.8) is 0 Å². The summed E-state index contributed by atoms with van der Waals surface area (Å²) >= 11 is 0. The fourth-order valence-electron chi connectivity index (χ4n) is 1.38. The van der Waals surface area contributed by atoms with Gasteiger partial charge in [0.15, 0.2) is 0 Å². The summed E-state index contributed by atoms with van der Waals surface area (Å²) in [6, 6.07) is 4.45. The molecule has 2 nitrogen and oxygen atoms in total. The number of hydrogen-bond acceptors (Lipinski definition) is 2. The normalized spacial score (nSPS) is 10.2.